The summed E-state index contributed by atoms with van der Waals surface area (Å²) in [4.78, 5) is 32.3. The SMILES string of the molecule is Cn1c(=O)c2c(nc(N3CCCCCC3)n2CC(O)c2ccccc2)n(C)c1=O. The number of aliphatic hydroxyl groups excluding tert-OH is 1. The summed E-state index contributed by atoms with van der Waals surface area (Å²) in [5, 5.41) is 10.9. The number of imidazole rings is 1. The molecule has 0 saturated carbocycles. The Morgan fingerprint density at radius 1 is 1.00 bits per heavy atom. The maximum absolute atomic E-state index is 13.0. The molecule has 29 heavy (non-hydrogen) atoms. The van der Waals surface area contributed by atoms with E-state index in [4.69, 9.17) is 4.98 Å². The van der Waals surface area contributed by atoms with Gasteiger partial charge in [0.25, 0.3) is 5.56 Å². The van der Waals surface area contributed by atoms with Crippen molar-refractivity contribution in [3.63, 3.8) is 0 Å². The summed E-state index contributed by atoms with van der Waals surface area (Å²) in [6.07, 6.45) is 3.66. The molecule has 1 unspecified atom stereocenters. The molecule has 1 aliphatic rings. The molecule has 0 bridgehead atoms. The highest BCUT2D eigenvalue weighted by molar-refractivity contribution is 5.74. The van der Waals surface area contributed by atoms with Gasteiger partial charge < -0.3 is 14.6 Å². The standard InChI is InChI=1S/C21H27N5O3/c1-23-18-17(19(28)24(2)21(23)29)26(14-16(27)15-10-6-5-7-11-15)20(22-18)25-12-8-3-4-9-13-25/h5-7,10-11,16,27H,3-4,8-9,12-14H2,1-2H3. The molecule has 0 amide bonds. The van der Waals surface area contributed by atoms with Crippen molar-refractivity contribution in [2.75, 3.05) is 18.0 Å². The van der Waals surface area contributed by atoms with Gasteiger partial charge in [0, 0.05) is 27.2 Å². The van der Waals surface area contributed by atoms with E-state index in [0.29, 0.717) is 17.1 Å². The van der Waals surface area contributed by atoms with Gasteiger partial charge in [0.2, 0.25) is 5.95 Å². The van der Waals surface area contributed by atoms with Gasteiger partial charge in [-0.3, -0.25) is 13.9 Å². The Morgan fingerprint density at radius 2 is 1.66 bits per heavy atom. The first-order chi connectivity index (χ1) is 14.0. The number of hydrogen-bond donors (Lipinski definition) is 1. The van der Waals surface area contributed by atoms with E-state index in [1.807, 2.05) is 30.3 Å². The number of rotatable bonds is 4. The highest BCUT2D eigenvalue weighted by Crippen LogP contribution is 2.26. The summed E-state index contributed by atoms with van der Waals surface area (Å²) in [7, 11) is 3.10. The van der Waals surface area contributed by atoms with Crippen LogP contribution >= 0.6 is 0 Å². The first kappa shape index (κ1) is 19.4. The molecule has 1 aliphatic heterocycles. The predicted molar refractivity (Wildman–Crippen MR) is 112 cm³/mol. The van der Waals surface area contributed by atoms with Crippen molar-refractivity contribution in [1.29, 1.82) is 0 Å². The highest BCUT2D eigenvalue weighted by Gasteiger charge is 2.25. The zero-order valence-corrected chi connectivity index (χ0v) is 16.9. The van der Waals surface area contributed by atoms with Crippen LogP contribution in [0.25, 0.3) is 11.2 Å². The lowest BCUT2D eigenvalue weighted by Gasteiger charge is -2.23. The Kier molecular flexibility index (Phi) is 5.27. The van der Waals surface area contributed by atoms with Crippen LogP contribution in [0.5, 0.6) is 0 Å². The third-order valence-corrected chi connectivity index (χ3v) is 5.76. The summed E-state index contributed by atoms with van der Waals surface area (Å²) in [5.74, 6) is 0.648. The van der Waals surface area contributed by atoms with Gasteiger partial charge in [-0.15, -0.1) is 0 Å². The highest BCUT2D eigenvalue weighted by atomic mass is 16.3. The topological polar surface area (TPSA) is 85.3 Å². The molecule has 154 valence electrons. The first-order valence-electron chi connectivity index (χ1n) is 10.1. The van der Waals surface area contributed by atoms with Gasteiger partial charge in [0.05, 0.1) is 12.6 Å². The van der Waals surface area contributed by atoms with Crippen LogP contribution in [-0.4, -0.2) is 36.9 Å². The molecule has 3 aromatic rings. The molecule has 2 aromatic heterocycles. The number of nitrogens with zero attached hydrogens (tertiary/aromatic N) is 5. The molecule has 1 fully saturated rings. The lowest BCUT2D eigenvalue weighted by atomic mass is 10.1. The van der Waals surface area contributed by atoms with Crippen LogP contribution in [0.15, 0.2) is 39.9 Å². The number of aliphatic hydroxyl groups is 1. The Bertz CT molecular complexity index is 1120. The van der Waals surface area contributed by atoms with Gasteiger partial charge in [0.1, 0.15) is 0 Å². The molecule has 0 radical (unpaired) electrons. The van der Waals surface area contributed by atoms with Crippen molar-refractivity contribution in [3.05, 3.63) is 56.7 Å². The average molecular weight is 397 g/mol. The number of benzene rings is 1. The van der Waals surface area contributed by atoms with Crippen molar-refractivity contribution in [3.8, 4) is 0 Å². The molecule has 0 aliphatic carbocycles. The lowest BCUT2D eigenvalue weighted by molar-refractivity contribution is 0.158. The van der Waals surface area contributed by atoms with Gasteiger partial charge in [0.15, 0.2) is 11.2 Å². The molecule has 3 heterocycles. The molecule has 1 N–H and O–H groups in total. The Labute approximate surface area is 168 Å². The minimum absolute atomic E-state index is 0.194. The van der Waals surface area contributed by atoms with Crippen LogP contribution in [-0.2, 0) is 20.6 Å². The third-order valence-electron chi connectivity index (χ3n) is 5.76. The molecule has 4 rings (SSSR count). The molecule has 1 atom stereocenters. The Morgan fingerprint density at radius 3 is 2.31 bits per heavy atom. The molecular weight excluding hydrogens is 370 g/mol. The van der Waals surface area contributed by atoms with Gasteiger partial charge in [-0.25, -0.2) is 4.79 Å². The number of aromatic nitrogens is 4. The Balaban J connectivity index is 1.90. The van der Waals surface area contributed by atoms with Crippen molar-refractivity contribution in [2.45, 2.75) is 38.3 Å². The summed E-state index contributed by atoms with van der Waals surface area (Å²) in [6, 6.07) is 9.38. The zero-order chi connectivity index (χ0) is 20.5. The zero-order valence-electron chi connectivity index (χ0n) is 16.9. The van der Waals surface area contributed by atoms with E-state index >= 15 is 0 Å². The van der Waals surface area contributed by atoms with Gasteiger partial charge >= 0.3 is 5.69 Å². The maximum atomic E-state index is 13.0. The minimum atomic E-state index is -0.790. The normalized spacial score (nSPS) is 16.2. The van der Waals surface area contributed by atoms with E-state index < -0.39 is 17.4 Å². The van der Waals surface area contributed by atoms with E-state index in [-0.39, 0.29) is 6.54 Å². The molecule has 1 aromatic carbocycles. The quantitative estimate of drug-likeness (QED) is 0.722. The van der Waals surface area contributed by atoms with Crippen LogP contribution < -0.4 is 16.1 Å². The molecule has 1 saturated heterocycles. The summed E-state index contributed by atoms with van der Waals surface area (Å²) in [5.41, 5.74) is 0.689. The second kappa shape index (κ2) is 7.87. The van der Waals surface area contributed by atoms with Crippen molar-refractivity contribution in [1.82, 2.24) is 18.7 Å². The number of hydrogen-bond acceptors (Lipinski definition) is 5. The van der Waals surface area contributed by atoms with Gasteiger partial charge in [-0.05, 0) is 18.4 Å². The Hall–Kier alpha value is -2.87. The smallest absolute Gasteiger partial charge is 0.332 e. The first-order valence-corrected chi connectivity index (χ1v) is 10.1. The van der Waals surface area contributed by atoms with Crippen LogP contribution in [0.4, 0.5) is 5.95 Å². The largest absolute Gasteiger partial charge is 0.387 e. The van der Waals surface area contributed by atoms with Crippen molar-refractivity contribution < 1.29 is 5.11 Å². The number of anilines is 1. The van der Waals surface area contributed by atoms with E-state index in [9.17, 15) is 14.7 Å². The molecule has 8 nitrogen and oxygen atoms in total. The van der Waals surface area contributed by atoms with Crippen LogP contribution in [0.3, 0.4) is 0 Å². The van der Waals surface area contributed by atoms with E-state index in [1.165, 1.54) is 24.5 Å². The summed E-state index contributed by atoms with van der Waals surface area (Å²) < 4.78 is 4.30. The summed E-state index contributed by atoms with van der Waals surface area (Å²) in [6.45, 7) is 1.89. The van der Waals surface area contributed by atoms with Crippen molar-refractivity contribution in [2.24, 2.45) is 14.1 Å². The lowest BCUT2D eigenvalue weighted by Crippen LogP contribution is -2.37. The van der Waals surface area contributed by atoms with E-state index in [0.717, 1.165) is 36.1 Å². The molecule has 8 heteroatoms. The number of aryl methyl sites for hydroxylation is 1. The second-order valence-corrected chi connectivity index (χ2v) is 7.73. The van der Waals surface area contributed by atoms with E-state index in [1.54, 1.807) is 11.6 Å². The summed E-state index contributed by atoms with van der Waals surface area (Å²) >= 11 is 0. The second-order valence-electron chi connectivity index (χ2n) is 7.73. The van der Waals surface area contributed by atoms with Crippen LogP contribution in [0.2, 0.25) is 0 Å². The average Bonchev–Trinajstić information content (AvgIpc) is 2.91. The van der Waals surface area contributed by atoms with Crippen LogP contribution in [0, 0.1) is 0 Å². The monoisotopic (exact) mass is 397 g/mol. The molecular formula is C21H27N5O3. The minimum Gasteiger partial charge on any atom is -0.387 e. The molecule has 0 spiro atoms. The van der Waals surface area contributed by atoms with Crippen molar-refractivity contribution >= 4 is 17.1 Å². The predicted octanol–water partition coefficient (Wildman–Crippen LogP) is 1.55. The van der Waals surface area contributed by atoms with Gasteiger partial charge in [-0.1, -0.05) is 43.2 Å². The number of fused-ring (bicyclic) bond motifs is 1. The third kappa shape index (κ3) is 3.48. The fourth-order valence-electron chi connectivity index (χ4n) is 4.07. The fourth-order valence-corrected chi connectivity index (χ4v) is 4.07. The van der Waals surface area contributed by atoms with Crippen LogP contribution in [0.1, 0.15) is 37.4 Å². The fraction of sp³-hybridized carbons (Fsp3) is 0.476. The van der Waals surface area contributed by atoms with Gasteiger partial charge in [-0.2, -0.15) is 4.98 Å². The maximum Gasteiger partial charge on any atom is 0.332 e. The van der Waals surface area contributed by atoms with E-state index in [2.05, 4.69) is 4.90 Å².